The number of pyridine rings is 1. The van der Waals surface area contributed by atoms with Gasteiger partial charge in [0, 0.05) is 39.1 Å². The van der Waals surface area contributed by atoms with E-state index in [1.54, 1.807) is 0 Å². The second-order valence-electron chi connectivity index (χ2n) is 6.35. The van der Waals surface area contributed by atoms with E-state index in [1.165, 1.54) is 39.0 Å². The number of aryl methyl sites for hydroxylation is 4. The second-order valence-corrected chi connectivity index (χ2v) is 6.35. The first kappa shape index (κ1) is 14.6. The van der Waals surface area contributed by atoms with Gasteiger partial charge in [-0.2, -0.15) is 0 Å². The average Bonchev–Trinajstić information content (AvgIpc) is 2.75. The molecule has 0 unspecified atom stereocenters. The fourth-order valence-corrected chi connectivity index (χ4v) is 3.46. The molecule has 0 saturated carbocycles. The van der Waals surface area contributed by atoms with E-state index in [0.717, 1.165) is 5.52 Å². The molecule has 0 atom stereocenters. The number of hydrogen-bond acceptors (Lipinski definition) is 2. The average molecular weight is 293 g/mol. The minimum Gasteiger partial charge on any atom is -0.376 e. The standard InChI is InChI=1S/C19H23N3/c1-12-9-13(2)17(14(3)10-12)15-11-22(6)19-16(21(4)5)7-8-20-18(15)19/h7-11H,1-6H3. The molecule has 3 aromatic rings. The lowest BCUT2D eigenvalue weighted by Crippen LogP contribution is -2.10. The van der Waals surface area contributed by atoms with Gasteiger partial charge < -0.3 is 9.47 Å². The van der Waals surface area contributed by atoms with E-state index in [9.17, 15) is 0 Å². The monoisotopic (exact) mass is 293 g/mol. The van der Waals surface area contributed by atoms with Crippen molar-refractivity contribution in [1.82, 2.24) is 9.55 Å². The fraction of sp³-hybridized carbons (Fsp3) is 0.316. The summed E-state index contributed by atoms with van der Waals surface area (Å²) in [6.07, 6.45) is 4.11. The summed E-state index contributed by atoms with van der Waals surface area (Å²) < 4.78 is 2.19. The molecule has 3 heteroatoms. The summed E-state index contributed by atoms with van der Waals surface area (Å²) in [6, 6.07) is 6.56. The van der Waals surface area contributed by atoms with Crippen molar-refractivity contribution >= 4 is 16.7 Å². The van der Waals surface area contributed by atoms with E-state index in [2.05, 4.69) is 80.8 Å². The number of rotatable bonds is 2. The zero-order valence-electron chi connectivity index (χ0n) is 14.2. The van der Waals surface area contributed by atoms with Crippen LogP contribution in [0.1, 0.15) is 16.7 Å². The van der Waals surface area contributed by atoms with Gasteiger partial charge in [0.2, 0.25) is 0 Å². The van der Waals surface area contributed by atoms with Crippen LogP contribution in [0.5, 0.6) is 0 Å². The molecular formula is C19H23N3. The van der Waals surface area contributed by atoms with Crippen molar-refractivity contribution in [3.8, 4) is 11.1 Å². The van der Waals surface area contributed by atoms with Crippen LogP contribution in [-0.4, -0.2) is 23.6 Å². The van der Waals surface area contributed by atoms with Gasteiger partial charge in [0.25, 0.3) is 0 Å². The SMILES string of the molecule is Cc1cc(C)c(-c2cn(C)c3c(N(C)C)ccnc23)c(C)c1. The van der Waals surface area contributed by atoms with Gasteiger partial charge in [-0.25, -0.2) is 0 Å². The van der Waals surface area contributed by atoms with Crippen molar-refractivity contribution in [3.05, 3.63) is 47.3 Å². The van der Waals surface area contributed by atoms with Gasteiger partial charge in [0.1, 0.15) is 0 Å². The molecule has 114 valence electrons. The van der Waals surface area contributed by atoms with Crippen molar-refractivity contribution in [2.75, 3.05) is 19.0 Å². The normalized spacial score (nSPS) is 11.2. The lowest BCUT2D eigenvalue weighted by atomic mass is 9.95. The molecule has 0 aliphatic rings. The molecule has 0 amide bonds. The Morgan fingerprint density at radius 1 is 1.05 bits per heavy atom. The summed E-state index contributed by atoms with van der Waals surface area (Å²) >= 11 is 0. The highest BCUT2D eigenvalue weighted by atomic mass is 15.1. The molecule has 0 N–H and O–H groups in total. The predicted molar refractivity (Wildman–Crippen MR) is 94.7 cm³/mol. The molecule has 0 bridgehead atoms. The molecule has 0 aliphatic heterocycles. The number of anilines is 1. The Bertz CT molecular complexity index is 833. The zero-order valence-corrected chi connectivity index (χ0v) is 14.2. The van der Waals surface area contributed by atoms with Crippen LogP contribution < -0.4 is 4.90 Å². The summed E-state index contributed by atoms with van der Waals surface area (Å²) in [6.45, 7) is 6.52. The molecular weight excluding hydrogens is 270 g/mol. The van der Waals surface area contributed by atoms with Crippen LogP contribution in [0.2, 0.25) is 0 Å². The van der Waals surface area contributed by atoms with Crippen LogP contribution in [0.15, 0.2) is 30.6 Å². The first-order valence-electron chi connectivity index (χ1n) is 7.59. The van der Waals surface area contributed by atoms with Crippen molar-refractivity contribution in [2.24, 2.45) is 7.05 Å². The predicted octanol–water partition coefficient (Wildman–Crippen LogP) is 4.23. The fourth-order valence-electron chi connectivity index (χ4n) is 3.46. The summed E-state index contributed by atoms with van der Waals surface area (Å²) in [4.78, 5) is 6.82. The van der Waals surface area contributed by atoms with Crippen LogP contribution in [0, 0.1) is 20.8 Å². The maximum absolute atomic E-state index is 4.68. The first-order valence-corrected chi connectivity index (χ1v) is 7.59. The topological polar surface area (TPSA) is 21.1 Å². The summed E-state index contributed by atoms with van der Waals surface area (Å²) in [5, 5.41) is 0. The van der Waals surface area contributed by atoms with Gasteiger partial charge in [-0.05, 0) is 43.5 Å². The lowest BCUT2D eigenvalue weighted by molar-refractivity contribution is 0.961. The Balaban J connectivity index is 2.37. The third-order valence-electron chi connectivity index (χ3n) is 4.26. The Hall–Kier alpha value is -2.29. The van der Waals surface area contributed by atoms with E-state index in [1.807, 2.05) is 6.20 Å². The third kappa shape index (κ3) is 2.17. The maximum Gasteiger partial charge on any atom is 0.0980 e. The minimum atomic E-state index is 1.07. The first-order chi connectivity index (χ1) is 10.4. The van der Waals surface area contributed by atoms with Gasteiger partial charge in [-0.15, -0.1) is 0 Å². The van der Waals surface area contributed by atoms with Crippen molar-refractivity contribution in [2.45, 2.75) is 20.8 Å². The molecule has 1 aromatic carbocycles. The Morgan fingerprint density at radius 2 is 1.68 bits per heavy atom. The van der Waals surface area contributed by atoms with Gasteiger partial charge in [0.15, 0.2) is 0 Å². The van der Waals surface area contributed by atoms with Crippen LogP contribution in [0.25, 0.3) is 22.2 Å². The molecule has 0 aliphatic carbocycles. The van der Waals surface area contributed by atoms with E-state index < -0.39 is 0 Å². The van der Waals surface area contributed by atoms with Crippen molar-refractivity contribution < 1.29 is 0 Å². The molecule has 0 fully saturated rings. The van der Waals surface area contributed by atoms with Crippen LogP contribution in [0.3, 0.4) is 0 Å². The molecule has 3 nitrogen and oxygen atoms in total. The molecule has 2 aromatic heterocycles. The highest BCUT2D eigenvalue weighted by molar-refractivity contribution is 6.00. The summed E-state index contributed by atoms with van der Waals surface area (Å²) in [5.74, 6) is 0. The number of hydrogen-bond donors (Lipinski definition) is 0. The Kier molecular flexibility index (Phi) is 3.44. The largest absolute Gasteiger partial charge is 0.376 e. The van der Waals surface area contributed by atoms with Crippen LogP contribution in [-0.2, 0) is 7.05 Å². The quantitative estimate of drug-likeness (QED) is 0.705. The summed E-state index contributed by atoms with van der Waals surface area (Å²) in [5.41, 5.74) is 9.90. The highest BCUT2D eigenvalue weighted by Gasteiger charge is 2.17. The van der Waals surface area contributed by atoms with Crippen molar-refractivity contribution in [3.63, 3.8) is 0 Å². The van der Waals surface area contributed by atoms with Gasteiger partial charge in [0.05, 0.1) is 16.7 Å². The number of aromatic nitrogens is 2. The van der Waals surface area contributed by atoms with E-state index >= 15 is 0 Å². The van der Waals surface area contributed by atoms with Crippen molar-refractivity contribution in [1.29, 1.82) is 0 Å². The zero-order chi connectivity index (χ0) is 16.0. The number of fused-ring (bicyclic) bond motifs is 1. The summed E-state index contributed by atoms with van der Waals surface area (Å²) in [7, 11) is 6.24. The minimum absolute atomic E-state index is 1.07. The number of benzene rings is 1. The highest BCUT2D eigenvalue weighted by Crippen LogP contribution is 2.36. The van der Waals surface area contributed by atoms with E-state index in [-0.39, 0.29) is 0 Å². The van der Waals surface area contributed by atoms with Crippen LogP contribution >= 0.6 is 0 Å². The molecule has 0 spiro atoms. The van der Waals surface area contributed by atoms with E-state index in [0.29, 0.717) is 0 Å². The third-order valence-corrected chi connectivity index (χ3v) is 4.26. The van der Waals surface area contributed by atoms with Crippen LogP contribution in [0.4, 0.5) is 5.69 Å². The molecule has 0 saturated heterocycles. The van der Waals surface area contributed by atoms with Gasteiger partial charge in [-0.1, -0.05) is 17.7 Å². The number of nitrogens with zero attached hydrogens (tertiary/aromatic N) is 3. The smallest absolute Gasteiger partial charge is 0.0980 e. The Labute approximate surface area is 132 Å². The molecule has 22 heavy (non-hydrogen) atoms. The second kappa shape index (κ2) is 5.16. The Morgan fingerprint density at radius 3 is 2.27 bits per heavy atom. The van der Waals surface area contributed by atoms with Gasteiger partial charge in [-0.3, -0.25) is 4.98 Å². The molecule has 3 rings (SSSR count). The van der Waals surface area contributed by atoms with Gasteiger partial charge >= 0.3 is 0 Å². The lowest BCUT2D eigenvalue weighted by Gasteiger charge is -2.14. The molecule has 0 radical (unpaired) electrons. The maximum atomic E-state index is 4.68. The van der Waals surface area contributed by atoms with E-state index in [4.69, 9.17) is 0 Å². The molecule has 2 heterocycles.